The van der Waals surface area contributed by atoms with Gasteiger partial charge in [0.05, 0.1) is 18.9 Å². The van der Waals surface area contributed by atoms with Gasteiger partial charge in [-0.2, -0.15) is 5.26 Å². The Labute approximate surface area is 144 Å². The molecule has 0 bridgehead atoms. The second kappa shape index (κ2) is 4.99. The van der Waals surface area contributed by atoms with Crippen LogP contribution in [-0.4, -0.2) is 17.8 Å². The molecule has 4 aliphatic rings. The number of hydrogen-bond acceptors (Lipinski definition) is 3. The number of hydrogen-bond donors (Lipinski definition) is 1. The van der Waals surface area contributed by atoms with Gasteiger partial charge in [0, 0.05) is 17.3 Å². The van der Waals surface area contributed by atoms with E-state index >= 15 is 0 Å². The lowest BCUT2D eigenvalue weighted by molar-refractivity contribution is -0.0367. The summed E-state index contributed by atoms with van der Waals surface area (Å²) in [5, 5.41) is 20.4. The van der Waals surface area contributed by atoms with Crippen LogP contribution >= 0.6 is 0 Å². The lowest BCUT2D eigenvalue weighted by Gasteiger charge is -2.52. The third-order valence-electron chi connectivity index (χ3n) is 7.71. The van der Waals surface area contributed by atoms with E-state index in [1.807, 2.05) is 0 Å². The fraction of sp³-hybridized carbons (Fsp3) is 0.667. The molecule has 0 radical (unpaired) electrons. The quantitative estimate of drug-likeness (QED) is 0.579. The van der Waals surface area contributed by atoms with Crippen LogP contribution in [0.4, 0.5) is 0 Å². The summed E-state index contributed by atoms with van der Waals surface area (Å²) in [4.78, 5) is 0. The molecule has 1 saturated carbocycles. The summed E-state index contributed by atoms with van der Waals surface area (Å²) in [5.41, 5.74) is 1.57. The predicted octanol–water partition coefficient (Wildman–Crippen LogP) is 4.26. The number of methoxy groups -OCH3 is 1. The van der Waals surface area contributed by atoms with Gasteiger partial charge in [0.15, 0.2) is 5.60 Å². The average molecular weight is 325 g/mol. The molecule has 3 nitrogen and oxygen atoms in total. The van der Waals surface area contributed by atoms with E-state index in [0.29, 0.717) is 18.3 Å². The number of nitrogens with zero attached hydrogens (tertiary/aromatic N) is 1. The molecule has 24 heavy (non-hydrogen) atoms. The molecule has 3 heteroatoms. The van der Waals surface area contributed by atoms with E-state index in [9.17, 15) is 10.4 Å². The summed E-state index contributed by atoms with van der Waals surface area (Å²) >= 11 is 0. The van der Waals surface area contributed by atoms with Crippen molar-refractivity contribution in [2.45, 2.75) is 58.0 Å². The minimum Gasteiger partial charge on any atom is -0.501 e. The summed E-state index contributed by atoms with van der Waals surface area (Å²) < 4.78 is 5.48. The Morgan fingerprint density at radius 1 is 1.29 bits per heavy atom. The standard InChI is InChI=1S/C21H27NO2/c1-19-9-6-15(24-3)12-14(19)4-5-16-17(19)7-10-20(2)18(16)8-11-21(20,23)13-22/h4,7,12,16,18,23H,5-6,8-11H2,1-3H3/t16-,18+,19+,20+,21+/m1/s1. The highest BCUT2D eigenvalue weighted by Crippen LogP contribution is 2.64. The zero-order chi connectivity index (χ0) is 17.2. The van der Waals surface area contributed by atoms with Crippen molar-refractivity contribution in [1.29, 1.82) is 5.26 Å². The monoisotopic (exact) mass is 325 g/mol. The molecule has 0 aromatic carbocycles. The Kier molecular flexibility index (Phi) is 3.32. The van der Waals surface area contributed by atoms with Gasteiger partial charge >= 0.3 is 0 Å². The van der Waals surface area contributed by atoms with E-state index in [0.717, 1.165) is 37.9 Å². The van der Waals surface area contributed by atoms with Gasteiger partial charge in [0.2, 0.25) is 0 Å². The SMILES string of the molecule is COC1=CC2=CC[C@@H]3C(=CC[C@@]4(C)[C@H]3CC[C@]4(O)C#N)[C@@]2(C)CC1. The molecule has 128 valence electrons. The molecule has 0 aliphatic heterocycles. The van der Waals surface area contributed by atoms with Crippen LogP contribution in [-0.2, 0) is 4.74 Å². The highest BCUT2D eigenvalue weighted by Gasteiger charge is 2.61. The van der Waals surface area contributed by atoms with Crippen molar-refractivity contribution in [3.63, 3.8) is 0 Å². The van der Waals surface area contributed by atoms with Crippen molar-refractivity contribution >= 4 is 0 Å². The largest absolute Gasteiger partial charge is 0.501 e. The molecule has 0 amide bonds. The predicted molar refractivity (Wildman–Crippen MR) is 92.7 cm³/mol. The van der Waals surface area contributed by atoms with Crippen LogP contribution in [0.15, 0.2) is 35.1 Å². The Bertz CT molecular complexity index is 712. The molecule has 0 saturated heterocycles. The number of fused-ring (bicyclic) bond motifs is 5. The maximum atomic E-state index is 10.9. The van der Waals surface area contributed by atoms with Crippen LogP contribution in [0.1, 0.15) is 52.4 Å². The van der Waals surface area contributed by atoms with Gasteiger partial charge in [-0.15, -0.1) is 0 Å². The Morgan fingerprint density at radius 3 is 2.79 bits per heavy atom. The molecule has 0 spiro atoms. The molecule has 5 atom stereocenters. The van der Waals surface area contributed by atoms with Gasteiger partial charge in [0.1, 0.15) is 0 Å². The van der Waals surface area contributed by atoms with Crippen molar-refractivity contribution < 1.29 is 9.84 Å². The van der Waals surface area contributed by atoms with E-state index in [2.05, 4.69) is 38.1 Å². The topological polar surface area (TPSA) is 53.2 Å². The van der Waals surface area contributed by atoms with Crippen molar-refractivity contribution in [1.82, 2.24) is 0 Å². The van der Waals surface area contributed by atoms with Crippen molar-refractivity contribution in [3.8, 4) is 6.07 Å². The van der Waals surface area contributed by atoms with Gasteiger partial charge < -0.3 is 9.84 Å². The lowest BCUT2D eigenvalue weighted by Crippen LogP contribution is -2.49. The fourth-order valence-electron chi connectivity index (χ4n) is 5.97. The van der Waals surface area contributed by atoms with E-state index in [-0.39, 0.29) is 10.8 Å². The minimum atomic E-state index is -1.17. The molecular formula is C21H27NO2. The molecule has 4 aliphatic carbocycles. The molecule has 1 fully saturated rings. The second-order valence-corrected chi connectivity index (χ2v) is 8.55. The zero-order valence-electron chi connectivity index (χ0n) is 14.9. The highest BCUT2D eigenvalue weighted by atomic mass is 16.5. The van der Waals surface area contributed by atoms with Crippen LogP contribution in [0, 0.1) is 34.0 Å². The smallest absolute Gasteiger partial charge is 0.156 e. The van der Waals surface area contributed by atoms with Crippen molar-refractivity contribution in [2.75, 3.05) is 7.11 Å². The van der Waals surface area contributed by atoms with Crippen LogP contribution in [0.2, 0.25) is 0 Å². The summed E-state index contributed by atoms with van der Waals surface area (Å²) in [6, 6.07) is 2.24. The van der Waals surface area contributed by atoms with E-state index in [4.69, 9.17) is 4.74 Å². The maximum Gasteiger partial charge on any atom is 0.156 e. The van der Waals surface area contributed by atoms with Crippen molar-refractivity contribution in [3.05, 3.63) is 35.1 Å². The molecular weight excluding hydrogens is 298 g/mol. The lowest BCUT2D eigenvalue weighted by atomic mass is 9.52. The summed E-state index contributed by atoms with van der Waals surface area (Å²) in [7, 11) is 1.76. The van der Waals surface area contributed by atoms with E-state index in [1.165, 1.54) is 5.57 Å². The van der Waals surface area contributed by atoms with Gasteiger partial charge in [0.25, 0.3) is 0 Å². The number of aliphatic hydroxyl groups is 1. The number of allylic oxidation sites excluding steroid dienone is 6. The first kappa shape index (κ1) is 16.0. The van der Waals surface area contributed by atoms with E-state index in [1.54, 1.807) is 12.7 Å². The molecule has 1 N–H and O–H groups in total. The minimum absolute atomic E-state index is 0.0969. The zero-order valence-corrected chi connectivity index (χ0v) is 14.9. The second-order valence-electron chi connectivity index (χ2n) is 8.55. The Morgan fingerprint density at radius 2 is 2.08 bits per heavy atom. The van der Waals surface area contributed by atoms with Gasteiger partial charge in [-0.05, 0) is 55.6 Å². The first-order valence-corrected chi connectivity index (χ1v) is 9.17. The molecule has 0 heterocycles. The average Bonchev–Trinajstić information content (AvgIpc) is 2.86. The van der Waals surface area contributed by atoms with Crippen LogP contribution in [0.3, 0.4) is 0 Å². The van der Waals surface area contributed by atoms with Gasteiger partial charge in [-0.3, -0.25) is 0 Å². The fourth-order valence-corrected chi connectivity index (χ4v) is 5.97. The number of nitriles is 1. The molecule has 4 rings (SSSR count). The molecule has 0 aromatic rings. The van der Waals surface area contributed by atoms with Gasteiger partial charge in [-0.25, -0.2) is 0 Å². The highest BCUT2D eigenvalue weighted by molar-refractivity contribution is 5.46. The first-order valence-electron chi connectivity index (χ1n) is 9.17. The summed E-state index contributed by atoms with van der Waals surface area (Å²) in [6.07, 6.45) is 12.5. The van der Waals surface area contributed by atoms with Crippen LogP contribution < -0.4 is 0 Å². The van der Waals surface area contributed by atoms with Gasteiger partial charge in [-0.1, -0.05) is 31.6 Å². The number of ether oxygens (including phenoxy) is 1. The summed E-state index contributed by atoms with van der Waals surface area (Å²) in [6.45, 7) is 4.50. The Hall–Kier alpha value is -1.53. The number of rotatable bonds is 1. The molecule has 0 aromatic heterocycles. The maximum absolute atomic E-state index is 10.9. The van der Waals surface area contributed by atoms with Crippen LogP contribution in [0.25, 0.3) is 0 Å². The normalized spacial score (nSPS) is 46.5. The Balaban J connectivity index is 1.76. The van der Waals surface area contributed by atoms with Crippen molar-refractivity contribution in [2.24, 2.45) is 22.7 Å². The third-order valence-corrected chi connectivity index (χ3v) is 7.71. The summed E-state index contributed by atoms with van der Waals surface area (Å²) in [5.74, 6) is 1.96. The molecule has 0 unspecified atom stereocenters. The van der Waals surface area contributed by atoms with E-state index < -0.39 is 5.60 Å². The third kappa shape index (κ3) is 1.81. The van der Waals surface area contributed by atoms with Crippen LogP contribution in [0.5, 0.6) is 0 Å². The first-order chi connectivity index (χ1) is 11.4.